The zero-order valence-corrected chi connectivity index (χ0v) is 12.9. The molecule has 0 saturated heterocycles. The summed E-state index contributed by atoms with van der Waals surface area (Å²) in [6.45, 7) is 1.22. The number of nitrogens with one attached hydrogen (secondary N) is 1. The number of nitrogens with two attached hydrogens (primary N) is 1. The maximum absolute atomic E-state index is 11.9. The predicted octanol–water partition coefficient (Wildman–Crippen LogP) is 2.65. The Morgan fingerprint density at radius 3 is 2.76 bits per heavy atom. The van der Waals surface area contributed by atoms with Gasteiger partial charge in [-0.05, 0) is 43.7 Å². The van der Waals surface area contributed by atoms with Crippen LogP contribution < -0.4 is 11.1 Å². The largest absolute Gasteiger partial charge is 0.351 e. The van der Waals surface area contributed by atoms with Crippen LogP contribution in [0.25, 0.3) is 5.69 Å². The third kappa shape index (κ3) is 4.20. The van der Waals surface area contributed by atoms with Gasteiger partial charge in [-0.25, -0.2) is 4.68 Å². The number of amides is 1. The highest BCUT2D eigenvalue weighted by molar-refractivity contribution is 6.42. The molecule has 1 aromatic carbocycles. The number of benzene rings is 1. The first-order chi connectivity index (χ1) is 10.1. The molecule has 0 aliphatic rings. The van der Waals surface area contributed by atoms with Gasteiger partial charge in [0.2, 0.25) is 0 Å². The molecular formula is C14H16Cl2N4O. The summed E-state index contributed by atoms with van der Waals surface area (Å²) in [6.07, 6.45) is 3.45. The third-order valence-corrected chi connectivity index (χ3v) is 3.64. The summed E-state index contributed by atoms with van der Waals surface area (Å²) >= 11 is 11.8. The molecule has 1 aromatic heterocycles. The van der Waals surface area contributed by atoms with Crippen molar-refractivity contribution in [2.45, 2.75) is 12.8 Å². The zero-order valence-electron chi connectivity index (χ0n) is 11.4. The first-order valence-electron chi connectivity index (χ1n) is 6.61. The van der Waals surface area contributed by atoms with Crippen molar-refractivity contribution in [3.8, 4) is 5.69 Å². The van der Waals surface area contributed by atoms with Gasteiger partial charge in [-0.1, -0.05) is 23.2 Å². The van der Waals surface area contributed by atoms with E-state index in [0.29, 0.717) is 28.8 Å². The number of rotatable bonds is 6. The Morgan fingerprint density at radius 1 is 1.24 bits per heavy atom. The van der Waals surface area contributed by atoms with Crippen LogP contribution in [-0.4, -0.2) is 28.8 Å². The van der Waals surface area contributed by atoms with Crippen LogP contribution in [-0.2, 0) is 0 Å². The van der Waals surface area contributed by atoms with E-state index in [1.54, 1.807) is 35.1 Å². The molecule has 21 heavy (non-hydrogen) atoms. The minimum absolute atomic E-state index is 0.203. The van der Waals surface area contributed by atoms with E-state index >= 15 is 0 Å². The molecule has 0 bridgehead atoms. The molecule has 0 spiro atoms. The minimum atomic E-state index is -0.203. The molecule has 1 amide bonds. The van der Waals surface area contributed by atoms with E-state index in [2.05, 4.69) is 10.4 Å². The molecule has 0 fully saturated rings. The van der Waals surface area contributed by atoms with Gasteiger partial charge in [0.25, 0.3) is 5.91 Å². The molecule has 0 radical (unpaired) electrons. The van der Waals surface area contributed by atoms with Gasteiger partial charge in [0.1, 0.15) is 0 Å². The van der Waals surface area contributed by atoms with Gasteiger partial charge in [-0.3, -0.25) is 4.79 Å². The first kappa shape index (κ1) is 15.8. The summed E-state index contributed by atoms with van der Waals surface area (Å²) in [5.41, 5.74) is 6.50. The summed E-state index contributed by atoms with van der Waals surface area (Å²) < 4.78 is 1.58. The summed E-state index contributed by atoms with van der Waals surface area (Å²) in [4.78, 5) is 11.9. The number of nitrogens with zero attached hydrogens (tertiary/aromatic N) is 2. The average molecular weight is 327 g/mol. The maximum Gasteiger partial charge on any atom is 0.271 e. The minimum Gasteiger partial charge on any atom is -0.351 e. The lowest BCUT2D eigenvalue weighted by molar-refractivity contribution is 0.0947. The Hall–Kier alpha value is -1.56. The normalized spacial score (nSPS) is 10.6. The fraction of sp³-hybridized carbons (Fsp3) is 0.286. The lowest BCUT2D eigenvalue weighted by atomic mass is 10.3. The van der Waals surface area contributed by atoms with Crippen LogP contribution in [0.5, 0.6) is 0 Å². The van der Waals surface area contributed by atoms with Gasteiger partial charge in [0, 0.05) is 12.7 Å². The van der Waals surface area contributed by atoms with Crippen molar-refractivity contribution >= 4 is 29.1 Å². The van der Waals surface area contributed by atoms with Crippen LogP contribution in [0.1, 0.15) is 23.3 Å². The Morgan fingerprint density at radius 2 is 2.05 bits per heavy atom. The second-order valence-electron chi connectivity index (χ2n) is 4.50. The predicted molar refractivity (Wildman–Crippen MR) is 84.2 cm³/mol. The molecule has 0 aliphatic carbocycles. The summed E-state index contributed by atoms with van der Waals surface area (Å²) in [6, 6.07) is 6.82. The standard InChI is InChI=1S/C14H16Cl2N4O/c15-11-4-3-10(9-12(11)16)20-8-5-13(19-20)14(21)18-7-2-1-6-17/h3-5,8-9H,1-2,6-7,17H2,(H,18,21). The first-order valence-corrected chi connectivity index (χ1v) is 7.37. The molecule has 1 heterocycles. The van der Waals surface area contributed by atoms with E-state index in [1.165, 1.54) is 0 Å². The van der Waals surface area contributed by atoms with Crippen molar-refractivity contribution in [3.63, 3.8) is 0 Å². The Balaban J connectivity index is 2.03. The third-order valence-electron chi connectivity index (χ3n) is 2.91. The molecule has 5 nitrogen and oxygen atoms in total. The number of hydrogen-bond donors (Lipinski definition) is 2. The topological polar surface area (TPSA) is 72.9 Å². The lowest BCUT2D eigenvalue weighted by Crippen LogP contribution is -2.25. The van der Waals surface area contributed by atoms with Gasteiger partial charge in [-0.15, -0.1) is 0 Å². The van der Waals surface area contributed by atoms with Gasteiger partial charge in [-0.2, -0.15) is 5.10 Å². The number of hydrogen-bond acceptors (Lipinski definition) is 3. The average Bonchev–Trinajstić information content (AvgIpc) is 2.96. The highest BCUT2D eigenvalue weighted by Gasteiger charge is 2.10. The quantitative estimate of drug-likeness (QED) is 0.801. The molecule has 7 heteroatoms. The number of carbonyl (C=O) groups is 1. The Labute approximate surface area is 133 Å². The van der Waals surface area contributed by atoms with E-state index in [0.717, 1.165) is 18.5 Å². The summed E-state index contributed by atoms with van der Waals surface area (Å²) in [5, 5.41) is 7.95. The van der Waals surface area contributed by atoms with Crippen LogP contribution in [0.4, 0.5) is 0 Å². The van der Waals surface area contributed by atoms with E-state index in [9.17, 15) is 4.79 Å². The molecule has 112 valence electrons. The van der Waals surface area contributed by atoms with Crippen LogP contribution in [0.15, 0.2) is 30.5 Å². The van der Waals surface area contributed by atoms with Gasteiger partial charge < -0.3 is 11.1 Å². The summed E-state index contributed by atoms with van der Waals surface area (Å²) in [5.74, 6) is -0.203. The number of halogens is 2. The fourth-order valence-electron chi connectivity index (χ4n) is 1.78. The molecule has 0 aliphatic heterocycles. The van der Waals surface area contributed by atoms with Gasteiger partial charge in [0.05, 0.1) is 15.7 Å². The van der Waals surface area contributed by atoms with Crippen LogP contribution >= 0.6 is 23.2 Å². The number of aromatic nitrogens is 2. The van der Waals surface area contributed by atoms with Crippen LogP contribution in [0.3, 0.4) is 0 Å². The SMILES string of the molecule is NCCCCNC(=O)c1ccn(-c2ccc(Cl)c(Cl)c2)n1. The lowest BCUT2D eigenvalue weighted by Gasteiger charge is -2.04. The van der Waals surface area contributed by atoms with Crippen molar-refractivity contribution in [1.82, 2.24) is 15.1 Å². The molecule has 3 N–H and O–H groups in total. The van der Waals surface area contributed by atoms with E-state index in [-0.39, 0.29) is 5.91 Å². The molecule has 0 atom stereocenters. The molecular weight excluding hydrogens is 311 g/mol. The Bertz CT molecular complexity index is 627. The summed E-state index contributed by atoms with van der Waals surface area (Å²) in [7, 11) is 0. The second kappa shape index (κ2) is 7.45. The smallest absolute Gasteiger partial charge is 0.271 e. The highest BCUT2D eigenvalue weighted by atomic mass is 35.5. The van der Waals surface area contributed by atoms with E-state index < -0.39 is 0 Å². The monoisotopic (exact) mass is 326 g/mol. The van der Waals surface area contributed by atoms with E-state index in [4.69, 9.17) is 28.9 Å². The van der Waals surface area contributed by atoms with Gasteiger partial charge >= 0.3 is 0 Å². The van der Waals surface area contributed by atoms with E-state index in [1.807, 2.05) is 0 Å². The second-order valence-corrected chi connectivity index (χ2v) is 5.31. The van der Waals surface area contributed by atoms with Crippen LogP contribution in [0.2, 0.25) is 10.0 Å². The highest BCUT2D eigenvalue weighted by Crippen LogP contribution is 2.24. The zero-order chi connectivity index (χ0) is 15.2. The van der Waals surface area contributed by atoms with Crippen molar-refractivity contribution < 1.29 is 4.79 Å². The van der Waals surface area contributed by atoms with Gasteiger partial charge in [0.15, 0.2) is 5.69 Å². The molecule has 0 unspecified atom stereocenters. The molecule has 2 aromatic rings. The van der Waals surface area contributed by atoms with Crippen LogP contribution in [0, 0.1) is 0 Å². The molecule has 2 rings (SSSR count). The van der Waals surface area contributed by atoms with Crippen molar-refractivity contribution in [1.29, 1.82) is 0 Å². The maximum atomic E-state index is 11.9. The number of unbranched alkanes of at least 4 members (excludes halogenated alkanes) is 1. The van der Waals surface area contributed by atoms with Crippen molar-refractivity contribution in [2.24, 2.45) is 5.73 Å². The molecule has 0 saturated carbocycles. The van der Waals surface area contributed by atoms with Crippen molar-refractivity contribution in [2.75, 3.05) is 13.1 Å². The van der Waals surface area contributed by atoms with Crippen molar-refractivity contribution in [3.05, 3.63) is 46.2 Å². The Kier molecular flexibility index (Phi) is 5.61. The number of carbonyl (C=O) groups excluding carboxylic acids is 1. The fourth-order valence-corrected chi connectivity index (χ4v) is 2.07.